The van der Waals surface area contributed by atoms with Gasteiger partial charge in [0.2, 0.25) is 11.3 Å². The number of nitriles is 1. The van der Waals surface area contributed by atoms with Crippen LogP contribution in [0.5, 0.6) is 5.75 Å². The van der Waals surface area contributed by atoms with Crippen LogP contribution >= 0.6 is 0 Å². The zero-order valence-corrected chi connectivity index (χ0v) is 14.3. The van der Waals surface area contributed by atoms with Crippen LogP contribution in [-0.4, -0.2) is 29.4 Å². The summed E-state index contributed by atoms with van der Waals surface area (Å²) in [6.45, 7) is 4.30. The number of nitrogens with one attached hydrogen (secondary N) is 2. The van der Waals surface area contributed by atoms with Crippen LogP contribution in [0.1, 0.15) is 29.9 Å². The monoisotopic (exact) mass is 352 g/mol. The Labute approximate surface area is 148 Å². The summed E-state index contributed by atoms with van der Waals surface area (Å²) in [5.41, 5.74) is 0.830. The predicted molar refractivity (Wildman–Crippen MR) is 91.5 cm³/mol. The summed E-state index contributed by atoms with van der Waals surface area (Å²) in [4.78, 5) is 12.2. The predicted octanol–water partition coefficient (Wildman–Crippen LogP) is 2.75. The maximum Gasteiger partial charge on any atom is 0.357 e. The summed E-state index contributed by atoms with van der Waals surface area (Å²) >= 11 is 0. The summed E-state index contributed by atoms with van der Waals surface area (Å²) in [6, 6.07) is 8.99. The van der Waals surface area contributed by atoms with E-state index >= 15 is 0 Å². The Balaban J connectivity index is 2.30. The van der Waals surface area contributed by atoms with Crippen molar-refractivity contribution in [2.45, 2.75) is 13.8 Å². The largest absolute Gasteiger partial charge is 0.494 e. The van der Waals surface area contributed by atoms with E-state index in [4.69, 9.17) is 19.3 Å². The van der Waals surface area contributed by atoms with E-state index in [2.05, 4.69) is 10.2 Å². The average Bonchev–Trinajstić information content (AvgIpc) is 3.05. The van der Waals surface area contributed by atoms with Gasteiger partial charge in [-0.2, -0.15) is 5.26 Å². The minimum absolute atomic E-state index is 0.00797. The molecule has 132 valence electrons. The number of fused-ring (bicyclic) bond motifs is 1. The van der Waals surface area contributed by atoms with Crippen LogP contribution in [0.25, 0.3) is 22.2 Å². The van der Waals surface area contributed by atoms with E-state index in [-0.39, 0.29) is 29.1 Å². The molecule has 0 bridgehead atoms. The van der Waals surface area contributed by atoms with Crippen LogP contribution in [0.2, 0.25) is 0 Å². The first-order valence-electron chi connectivity index (χ1n) is 8.00. The van der Waals surface area contributed by atoms with E-state index in [0.717, 1.165) is 0 Å². The van der Waals surface area contributed by atoms with Crippen molar-refractivity contribution in [3.8, 4) is 22.9 Å². The fraction of sp³-hybridized carbons (Fsp3) is 0.222. The van der Waals surface area contributed by atoms with E-state index in [1.807, 2.05) is 13.0 Å². The summed E-state index contributed by atoms with van der Waals surface area (Å²) in [5.74, 6) is 0.0644. The molecule has 2 aromatic heterocycles. The van der Waals surface area contributed by atoms with Gasteiger partial charge < -0.3 is 13.9 Å². The molecule has 0 radical (unpaired) electrons. The lowest BCUT2D eigenvalue weighted by atomic mass is 9.98. The number of carbonyl (C=O) groups excluding carboxylic acids is 1. The van der Waals surface area contributed by atoms with Gasteiger partial charge >= 0.3 is 5.97 Å². The van der Waals surface area contributed by atoms with Gasteiger partial charge in [0.05, 0.1) is 18.6 Å². The molecule has 0 atom stereocenters. The van der Waals surface area contributed by atoms with Gasteiger partial charge in [-0.25, -0.2) is 4.79 Å². The first kappa shape index (κ1) is 17.2. The number of nitrogens with zero attached hydrogens (tertiary/aromatic N) is 2. The molecule has 3 rings (SSSR count). The highest BCUT2D eigenvalue weighted by Crippen LogP contribution is 2.32. The van der Waals surface area contributed by atoms with Crippen molar-refractivity contribution in [2.24, 2.45) is 0 Å². The number of hydrogen-bond donors (Lipinski definition) is 2. The van der Waals surface area contributed by atoms with Crippen molar-refractivity contribution in [1.82, 2.24) is 10.2 Å². The first-order valence-corrected chi connectivity index (χ1v) is 8.00. The molecule has 0 amide bonds. The van der Waals surface area contributed by atoms with Crippen LogP contribution in [0.15, 0.2) is 28.7 Å². The lowest BCUT2D eigenvalue weighted by molar-refractivity contribution is 0.0521. The normalized spacial score (nSPS) is 10.5. The maximum absolute atomic E-state index is 12.2. The lowest BCUT2D eigenvalue weighted by Crippen LogP contribution is -2.09. The Morgan fingerprint density at radius 1 is 1.31 bits per heavy atom. The van der Waals surface area contributed by atoms with Gasteiger partial charge in [0.1, 0.15) is 17.4 Å². The van der Waals surface area contributed by atoms with E-state index in [1.54, 1.807) is 31.2 Å². The number of ether oxygens (including phenoxy) is 2. The van der Waals surface area contributed by atoms with Crippen LogP contribution in [-0.2, 0) is 4.74 Å². The summed E-state index contributed by atoms with van der Waals surface area (Å²) in [5, 5.41) is 24.3. The van der Waals surface area contributed by atoms with E-state index in [0.29, 0.717) is 28.9 Å². The van der Waals surface area contributed by atoms with Crippen LogP contribution in [0.4, 0.5) is 0 Å². The molecule has 0 spiro atoms. The quantitative estimate of drug-likeness (QED) is 0.680. The number of hydrogen-bond acceptors (Lipinski definition) is 7. The minimum atomic E-state index is -0.612. The number of carbonyl (C=O) groups is 1. The number of H-pyrrole nitrogens is 1. The molecule has 0 aliphatic carbocycles. The molecule has 0 saturated heterocycles. The molecule has 3 aromatic rings. The fourth-order valence-electron chi connectivity index (χ4n) is 2.65. The lowest BCUT2D eigenvalue weighted by Gasteiger charge is -2.09. The average molecular weight is 352 g/mol. The molecule has 0 fully saturated rings. The smallest absolute Gasteiger partial charge is 0.357 e. The molecule has 2 heterocycles. The standard InChI is InChI=1S/C18H16N4O4/c1-3-24-11-7-5-10(6-8-11)13-12(9-19)16(20)26-17-14(13)15(21-22-17)18(23)25-4-2/h5-8,20H,3-4H2,1-2H3,(H,21,22). The van der Waals surface area contributed by atoms with Gasteiger partial charge in [0.25, 0.3) is 0 Å². The molecule has 0 saturated carbocycles. The molecule has 1 aromatic carbocycles. The SMILES string of the molecule is CCOC(=O)c1[nH]nc2oc(=N)c(C#N)c(-c3ccc(OCC)cc3)c12. The summed E-state index contributed by atoms with van der Waals surface area (Å²) in [7, 11) is 0. The topological polar surface area (TPSA) is 125 Å². The van der Waals surface area contributed by atoms with E-state index < -0.39 is 5.97 Å². The Morgan fingerprint density at radius 3 is 2.65 bits per heavy atom. The van der Waals surface area contributed by atoms with Crippen molar-refractivity contribution in [3.63, 3.8) is 0 Å². The second kappa shape index (κ2) is 7.11. The molecule has 0 aliphatic heterocycles. The second-order valence-corrected chi connectivity index (χ2v) is 5.25. The highest BCUT2D eigenvalue weighted by molar-refractivity contribution is 6.08. The van der Waals surface area contributed by atoms with Gasteiger partial charge in [-0.05, 0) is 31.5 Å². The zero-order valence-electron chi connectivity index (χ0n) is 14.3. The van der Waals surface area contributed by atoms with Crippen LogP contribution in [0, 0.1) is 16.7 Å². The minimum Gasteiger partial charge on any atom is -0.494 e. The van der Waals surface area contributed by atoms with Crippen molar-refractivity contribution in [2.75, 3.05) is 13.2 Å². The Hall–Kier alpha value is -3.60. The van der Waals surface area contributed by atoms with Crippen LogP contribution in [0.3, 0.4) is 0 Å². The summed E-state index contributed by atoms with van der Waals surface area (Å²) in [6.07, 6.45) is 0. The second-order valence-electron chi connectivity index (χ2n) is 5.25. The van der Waals surface area contributed by atoms with Crippen molar-refractivity contribution in [3.05, 3.63) is 41.1 Å². The first-order chi connectivity index (χ1) is 12.6. The van der Waals surface area contributed by atoms with Crippen LogP contribution < -0.4 is 10.3 Å². The highest BCUT2D eigenvalue weighted by atomic mass is 16.5. The summed E-state index contributed by atoms with van der Waals surface area (Å²) < 4.78 is 15.8. The van der Waals surface area contributed by atoms with Crippen molar-refractivity contribution in [1.29, 1.82) is 10.7 Å². The molecule has 26 heavy (non-hydrogen) atoms. The third kappa shape index (κ3) is 2.91. The van der Waals surface area contributed by atoms with Crippen molar-refractivity contribution < 1.29 is 18.7 Å². The highest BCUT2D eigenvalue weighted by Gasteiger charge is 2.24. The number of rotatable bonds is 5. The molecular formula is C18H16N4O4. The van der Waals surface area contributed by atoms with E-state index in [1.165, 1.54) is 0 Å². The van der Waals surface area contributed by atoms with E-state index in [9.17, 15) is 10.1 Å². The number of aromatic amines is 1. The molecule has 8 heteroatoms. The Kier molecular flexibility index (Phi) is 4.71. The number of esters is 1. The Bertz CT molecular complexity index is 1060. The molecular weight excluding hydrogens is 336 g/mol. The van der Waals surface area contributed by atoms with Gasteiger partial charge in [0.15, 0.2) is 5.69 Å². The van der Waals surface area contributed by atoms with Gasteiger partial charge in [-0.15, -0.1) is 5.10 Å². The third-order valence-electron chi connectivity index (χ3n) is 3.70. The van der Waals surface area contributed by atoms with Gasteiger partial charge in [-0.3, -0.25) is 10.5 Å². The van der Waals surface area contributed by atoms with Gasteiger partial charge in [-0.1, -0.05) is 12.1 Å². The zero-order chi connectivity index (χ0) is 18.7. The van der Waals surface area contributed by atoms with Gasteiger partial charge in [0, 0.05) is 5.56 Å². The molecule has 2 N–H and O–H groups in total. The fourth-order valence-corrected chi connectivity index (χ4v) is 2.65. The number of benzene rings is 1. The third-order valence-corrected chi connectivity index (χ3v) is 3.70. The molecule has 0 unspecified atom stereocenters. The van der Waals surface area contributed by atoms with Crippen molar-refractivity contribution >= 4 is 17.1 Å². The Morgan fingerprint density at radius 2 is 2.04 bits per heavy atom. The maximum atomic E-state index is 12.2. The number of aromatic nitrogens is 2. The molecule has 8 nitrogen and oxygen atoms in total. The molecule has 0 aliphatic rings.